The lowest BCUT2D eigenvalue weighted by Crippen LogP contribution is -2.55. The molecule has 16 heteroatoms. The summed E-state index contributed by atoms with van der Waals surface area (Å²) in [7, 11) is 4.72. The number of likely N-dealkylation sites (N-methyl/N-ethyl adjacent to an activating group) is 2. The number of ether oxygens (including phenoxy) is 1. The molecule has 2 saturated carbocycles. The Morgan fingerprint density at radius 3 is 2.07 bits per heavy atom. The molecule has 1 aliphatic heterocycles. The first-order valence-electron chi connectivity index (χ1n) is 20.1. The van der Waals surface area contributed by atoms with Crippen molar-refractivity contribution in [3.05, 3.63) is 22.4 Å². The van der Waals surface area contributed by atoms with Crippen LogP contribution in [0, 0.1) is 17.8 Å². The van der Waals surface area contributed by atoms with Gasteiger partial charge in [0.25, 0.3) is 5.91 Å². The van der Waals surface area contributed by atoms with Crippen LogP contribution in [0.25, 0.3) is 0 Å². The van der Waals surface area contributed by atoms with Gasteiger partial charge in [-0.05, 0) is 96.5 Å². The molecule has 4 rings (SSSR count). The van der Waals surface area contributed by atoms with Gasteiger partial charge in [0.05, 0.1) is 24.7 Å². The molecule has 0 spiro atoms. The number of carbonyl (C=O) groups excluding carboxylic acids is 7. The Labute approximate surface area is 342 Å². The third-order valence-corrected chi connectivity index (χ3v) is 11.0. The number of ketones is 1. The quantitative estimate of drug-likeness (QED) is 0.136. The first-order valence-corrected chi connectivity index (χ1v) is 21.0. The molecule has 1 aromatic heterocycles. The highest BCUT2D eigenvalue weighted by Crippen LogP contribution is 2.34. The van der Waals surface area contributed by atoms with E-state index < -0.39 is 53.0 Å². The van der Waals surface area contributed by atoms with E-state index >= 15 is 0 Å². The molecule has 3 fully saturated rings. The summed E-state index contributed by atoms with van der Waals surface area (Å²) in [4.78, 5) is 88.2. The van der Waals surface area contributed by atoms with Crippen molar-refractivity contribution in [1.82, 2.24) is 31.1 Å². The number of aliphatic hydroxyl groups is 1. The first kappa shape index (κ1) is 49.3. The van der Waals surface area contributed by atoms with Gasteiger partial charge in [0.2, 0.25) is 23.5 Å². The Kier molecular flexibility index (Phi) is 20.3. The minimum Gasteiger partial charge on any atom is -0.444 e. The van der Waals surface area contributed by atoms with Gasteiger partial charge >= 0.3 is 6.09 Å². The number of alkyl carbamates (subject to hydrolysis) is 1. The van der Waals surface area contributed by atoms with Gasteiger partial charge < -0.3 is 45.7 Å². The lowest BCUT2D eigenvalue weighted by molar-refractivity contribution is -0.139. The van der Waals surface area contributed by atoms with Gasteiger partial charge in [0, 0.05) is 25.5 Å². The number of rotatable bonds is 14. The predicted molar refractivity (Wildman–Crippen MR) is 219 cm³/mol. The van der Waals surface area contributed by atoms with Crippen LogP contribution < -0.4 is 21.3 Å². The largest absolute Gasteiger partial charge is 0.444 e. The fourth-order valence-electron chi connectivity index (χ4n) is 6.94. The molecule has 3 aliphatic rings. The van der Waals surface area contributed by atoms with E-state index in [2.05, 4.69) is 28.2 Å². The van der Waals surface area contributed by atoms with E-state index in [0.29, 0.717) is 24.3 Å². The van der Waals surface area contributed by atoms with Crippen molar-refractivity contribution in [2.75, 3.05) is 40.8 Å². The summed E-state index contributed by atoms with van der Waals surface area (Å²) in [5.41, 5.74) is -1.55. The smallest absolute Gasteiger partial charge is 0.408 e. The molecule has 0 bridgehead atoms. The van der Waals surface area contributed by atoms with Crippen LogP contribution in [-0.2, 0) is 33.5 Å². The summed E-state index contributed by atoms with van der Waals surface area (Å²) in [5.74, 6) is -1.52. The highest BCUT2D eigenvalue weighted by Gasteiger charge is 2.43. The maximum atomic E-state index is 13.5. The fraction of sp³-hybridized carbons (Fsp3) is 0.732. The van der Waals surface area contributed by atoms with Crippen LogP contribution in [0.2, 0.25) is 0 Å². The highest BCUT2D eigenvalue weighted by atomic mass is 32.1. The minimum atomic E-state index is -0.900. The summed E-state index contributed by atoms with van der Waals surface area (Å²) >= 11 is 1.34. The van der Waals surface area contributed by atoms with Crippen molar-refractivity contribution in [3.8, 4) is 0 Å². The molecule has 4 atom stereocenters. The number of nitrogens with zero attached hydrogens (tertiary/aromatic N) is 2. The zero-order valence-corrected chi connectivity index (χ0v) is 36.3. The van der Waals surface area contributed by atoms with Crippen LogP contribution in [0.5, 0.6) is 0 Å². The lowest BCUT2D eigenvalue weighted by atomic mass is 9.83. The SMILES string of the molecule is CC(C)(O)C[C@H]1CCN(C(=O)C(NC(=O)OC(C)(C)C)C2CCCCC2)C1C=O.CC1CCC1.CNCC(=O)C(=O)NCC(=O)NC(C(=O)N(C)C)c1cccs1. The Hall–Kier alpha value is -3.89. The van der Waals surface area contributed by atoms with Crippen LogP contribution in [0.15, 0.2) is 17.5 Å². The summed E-state index contributed by atoms with van der Waals surface area (Å²) in [6.45, 7) is 11.1. The average Bonchev–Trinajstić information content (AvgIpc) is 3.80. The summed E-state index contributed by atoms with van der Waals surface area (Å²) in [5, 5.41) is 22.1. The third-order valence-electron chi connectivity index (χ3n) is 10.0. The van der Waals surface area contributed by atoms with Gasteiger partial charge in [-0.1, -0.05) is 51.5 Å². The van der Waals surface area contributed by atoms with Gasteiger partial charge in [-0.2, -0.15) is 0 Å². The number of aldehydes is 1. The molecule has 322 valence electrons. The number of carbonyl (C=O) groups is 7. The molecule has 0 radical (unpaired) electrons. The van der Waals surface area contributed by atoms with Crippen molar-refractivity contribution in [2.45, 2.75) is 135 Å². The molecule has 3 unspecified atom stereocenters. The number of nitrogens with one attached hydrogen (secondary N) is 4. The molecule has 2 aliphatic carbocycles. The second-order valence-corrected chi connectivity index (χ2v) is 18.1. The summed E-state index contributed by atoms with van der Waals surface area (Å²) in [6, 6.07) is 1.45. The van der Waals surface area contributed by atoms with Crippen LogP contribution >= 0.6 is 11.3 Å². The number of hydrogen-bond acceptors (Lipinski definition) is 11. The lowest BCUT2D eigenvalue weighted by Gasteiger charge is -2.35. The van der Waals surface area contributed by atoms with Crippen LogP contribution in [0.4, 0.5) is 4.79 Å². The van der Waals surface area contributed by atoms with Crippen molar-refractivity contribution < 1.29 is 43.4 Å². The van der Waals surface area contributed by atoms with E-state index in [1.165, 1.54) is 42.5 Å². The summed E-state index contributed by atoms with van der Waals surface area (Å²) < 4.78 is 5.39. The number of amides is 5. The fourth-order valence-corrected chi connectivity index (χ4v) is 7.71. The number of Topliss-reactive ketones (excluding diaryl/α,β-unsaturated/α-hetero) is 1. The Morgan fingerprint density at radius 1 is 0.965 bits per heavy atom. The molecular formula is C41H68N6O9S. The van der Waals surface area contributed by atoms with Crippen LogP contribution in [0.1, 0.15) is 117 Å². The van der Waals surface area contributed by atoms with Gasteiger partial charge in [-0.25, -0.2) is 4.79 Å². The van der Waals surface area contributed by atoms with Crippen molar-refractivity contribution in [2.24, 2.45) is 17.8 Å². The maximum absolute atomic E-state index is 13.5. The van der Waals surface area contributed by atoms with Gasteiger partial charge in [-0.3, -0.25) is 24.0 Å². The standard InChI is InChI=1S/C22H38N2O5.C14H20N4O4S.C5H10/c1-21(2,3)29-20(27)23-18(15-9-7-6-8-10-15)19(26)24-12-11-16(17(24)14-25)13-22(4,5)28;1-15-7-9(19)13(21)16-8-11(20)17-12(14(22)18(2)3)10-5-4-6-23-10;1-5-3-2-4-5/h14-18,28H,6-13H2,1-5H3,(H,23,27);4-6,12,15H,7-8H2,1-3H3,(H,16,21)(H,17,20);5H,2-4H2,1H3/t16-,17?,18?;;/m1../s1. The van der Waals surface area contributed by atoms with Crippen molar-refractivity contribution >= 4 is 53.1 Å². The monoisotopic (exact) mass is 820 g/mol. The average molecular weight is 821 g/mol. The molecule has 57 heavy (non-hydrogen) atoms. The zero-order valence-electron chi connectivity index (χ0n) is 35.5. The van der Waals surface area contributed by atoms with E-state index in [9.17, 15) is 38.7 Å². The predicted octanol–water partition coefficient (Wildman–Crippen LogP) is 3.74. The normalized spacial score (nSPS) is 19.5. The number of likely N-dealkylation sites (tertiary alicyclic amines) is 1. The zero-order chi connectivity index (χ0) is 42.9. The third kappa shape index (κ3) is 17.6. The molecule has 2 heterocycles. The second kappa shape index (κ2) is 23.5. The second-order valence-electron chi connectivity index (χ2n) is 17.2. The van der Waals surface area contributed by atoms with Crippen LogP contribution in [-0.4, -0.2) is 121 Å². The highest BCUT2D eigenvalue weighted by molar-refractivity contribution is 7.10. The Morgan fingerprint density at radius 2 is 1.60 bits per heavy atom. The van der Waals surface area contributed by atoms with E-state index in [0.717, 1.165) is 44.3 Å². The maximum Gasteiger partial charge on any atom is 0.408 e. The van der Waals surface area contributed by atoms with E-state index in [-0.39, 0.29) is 36.7 Å². The Bertz CT molecular complexity index is 1460. The molecule has 1 saturated heterocycles. The van der Waals surface area contributed by atoms with Gasteiger partial charge in [0.1, 0.15) is 24.0 Å². The molecule has 5 amide bonds. The van der Waals surface area contributed by atoms with E-state index in [4.69, 9.17) is 4.74 Å². The molecule has 15 nitrogen and oxygen atoms in total. The van der Waals surface area contributed by atoms with Gasteiger partial charge in [0.15, 0.2) is 0 Å². The minimum absolute atomic E-state index is 0.0457. The van der Waals surface area contributed by atoms with Crippen LogP contribution in [0.3, 0.4) is 0 Å². The molecule has 1 aromatic rings. The number of thiophene rings is 1. The Balaban J connectivity index is 0.000000357. The first-order chi connectivity index (χ1) is 26.7. The molecule has 0 aromatic carbocycles. The van der Waals surface area contributed by atoms with Gasteiger partial charge in [-0.15, -0.1) is 11.3 Å². The number of hydrogen-bond donors (Lipinski definition) is 5. The van der Waals surface area contributed by atoms with E-state index in [1.54, 1.807) is 71.1 Å². The van der Waals surface area contributed by atoms with Crippen molar-refractivity contribution in [3.63, 3.8) is 0 Å². The molecular weight excluding hydrogens is 753 g/mol. The van der Waals surface area contributed by atoms with E-state index in [1.807, 2.05) is 0 Å². The van der Waals surface area contributed by atoms with Crippen molar-refractivity contribution in [1.29, 1.82) is 0 Å². The molecule has 5 N–H and O–H groups in total. The topological polar surface area (TPSA) is 204 Å². The summed E-state index contributed by atoms with van der Waals surface area (Å²) in [6.07, 6.45) is 10.7.